The maximum Gasteiger partial charge on any atom is 0.227 e. The topological polar surface area (TPSA) is 40.5 Å². The van der Waals surface area contributed by atoms with Gasteiger partial charge in [-0.3, -0.25) is 4.79 Å². The van der Waals surface area contributed by atoms with Crippen molar-refractivity contribution in [2.24, 2.45) is 0 Å². The fourth-order valence-electron chi connectivity index (χ4n) is 1.48. The van der Waals surface area contributed by atoms with Crippen LogP contribution in [0.5, 0.6) is 5.75 Å². The molecule has 0 aliphatic heterocycles. The Balaban J connectivity index is 2.82. The standard InChI is InChI=1S/C13H15NO2/c1-3-5-9-13(16)14(4-2)11-7-6-8-12(15)10-11/h1,6-8,10,15H,4-5,9H2,2H3. The summed E-state index contributed by atoms with van der Waals surface area (Å²) in [5.74, 6) is 2.57. The lowest BCUT2D eigenvalue weighted by Crippen LogP contribution is -2.30. The number of terminal acetylenes is 1. The zero-order valence-electron chi connectivity index (χ0n) is 9.31. The van der Waals surface area contributed by atoms with Gasteiger partial charge in [0.15, 0.2) is 0 Å². The fraction of sp³-hybridized carbons (Fsp3) is 0.308. The van der Waals surface area contributed by atoms with Crippen molar-refractivity contribution in [1.82, 2.24) is 0 Å². The third-order valence-electron chi connectivity index (χ3n) is 2.24. The molecule has 0 aromatic heterocycles. The van der Waals surface area contributed by atoms with Gasteiger partial charge in [-0.2, -0.15) is 0 Å². The van der Waals surface area contributed by atoms with E-state index in [1.165, 1.54) is 0 Å². The first kappa shape index (κ1) is 12.1. The van der Waals surface area contributed by atoms with Crippen molar-refractivity contribution in [3.05, 3.63) is 24.3 Å². The van der Waals surface area contributed by atoms with E-state index in [-0.39, 0.29) is 11.7 Å². The number of phenols is 1. The van der Waals surface area contributed by atoms with Gasteiger partial charge in [0, 0.05) is 31.1 Å². The van der Waals surface area contributed by atoms with Gasteiger partial charge >= 0.3 is 0 Å². The number of amides is 1. The monoisotopic (exact) mass is 217 g/mol. The van der Waals surface area contributed by atoms with Crippen molar-refractivity contribution >= 4 is 11.6 Å². The first-order valence-corrected chi connectivity index (χ1v) is 5.22. The molecular formula is C13H15NO2. The van der Waals surface area contributed by atoms with Crippen molar-refractivity contribution < 1.29 is 9.90 Å². The molecule has 0 bridgehead atoms. The summed E-state index contributed by atoms with van der Waals surface area (Å²) >= 11 is 0. The van der Waals surface area contributed by atoms with E-state index in [2.05, 4.69) is 5.92 Å². The van der Waals surface area contributed by atoms with E-state index in [1.807, 2.05) is 6.92 Å². The molecule has 1 N–H and O–H groups in total. The first-order valence-electron chi connectivity index (χ1n) is 5.22. The molecule has 0 heterocycles. The summed E-state index contributed by atoms with van der Waals surface area (Å²) in [5.41, 5.74) is 0.699. The van der Waals surface area contributed by atoms with Gasteiger partial charge < -0.3 is 10.0 Å². The lowest BCUT2D eigenvalue weighted by atomic mass is 10.2. The Morgan fingerprint density at radius 3 is 2.88 bits per heavy atom. The van der Waals surface area contributed by atoms with Gasteiger partial charge in [-0.1, -0.05) is 6.07 Å². The molecule has 3 nitrogen and oxygen atoms in total. The Kier molecular flexibility index (Phi) is 4.41. The van der Waals surface area contributed by atoms with Crippen LogP contribution in [0.25, 0.3) is 0 Å². The number of rotatable bonds is 4. The molecule has 1 amide bonds. The smallest absolute Gasteiger partial charge is 0.227 e. The van der Waals surface area contributed by atoms with E-state index in [0.29, 0.717) is 25.1 Å². The van der Waals surface area contributed by atoms with E-state index in [0.717, 1.165) is 0 Å². The van der Waals surface area contributed by atoms with Crippen LogP contribution < -0.4 is 4.90 Å². The summed E-state index contributed by atoms with van der Waals surface area (Å²) in [4.78, 5) is 13.4. The van der Waals surface area contributed by atoms with Gasteiger partial charge in [0.2, 0.25) is 5.91 Å². The SMILES string of the molecule is C#CCCC(=O)N(CC)c1cccc(O)c1. The lowest BCUT2D eigenvalue weighted by Gasteiger charge is -2.20. The molecule has 0 saturated heterocycles. The molecule has 0 aliphatic carbocycles. The van der Waals surface area contributed by atoms with E-state index in [1.54, 1.807) is 29.2 Å². The molecule has 0 atom stereocenters. The van der Waals surface area contributed by atoms with Gasteiger partial charge in [0.05, 0.1) is 0 Å². The van der Waals surface area contributed by atoms with Crippen LogP contribution in [-0.4, -0.2) is 17.6 Å². The maximum absolute atomic E-state index is 11.8. The van der Waals surface area contributed by atoms with Crippen LogP contribution in [0.1, 0.15) is 19.8 Å². The molecule has 84 valence electrons. The number of phenolic OH excluding ortho intramolecular Hbond substituents is 1. The van der Waals surface area contributed by atoms with Gasteiger partial charge in [0.1, 0.15) is 5.75 Å². The largest absolute Gasteiger partial charge is 0.508 e. The average Bonchev–Trinajstić information content (AvgIpc) is 2.27. The molecule has 0 fully saturated rings. The van der Waals surface area contributed by atoms with Crippen molar-refractivity contribution in [3.8, 4) is 18.1 Å². The Morgan fingerprint density at radius 1 is 1.56 bits per heavy atom. The highest BCUT2D eigenvalue weighted by Gasteiger charge is 2.13. The summed E-state index contributed by atoms with van der Waals surface area (Å²) < 4.78 is 0. The summed E-state index contributed by atoms with van der Waals surface area (Å²) in [6, 6.07) is 6.64. The number of carbonyl (C=O) groups excluding carboxylic acids is 1. The van der Waals surface area contributed by atoms with Crippen LogP contribution in [0.4, 0.5) is 5.69 Å². The van der Waals surface area contributed by atoms with Crippen molar-refractivity contribution in [2.75, 3.05) is 11.4 Å². The van der Waals surface area contributed by atoms with Crippen LogP contribution in [0, 0.1) is 12.3 Å². The summed E-state index contributed by atoms with van der Waals surface area (Å²) in [6.45, 7) is 2.45. The van der Waals surface area contributed by atoms with E-state index in [4.69, 9.17) is 6.42 Å². The van der Waals surface area contributed by atoms with Crippen LogP contribution in [0.3, 0.4) is 0 Å². The summed E-state index contributed by atoms with van der Waals surface area (Å²) in [5, 5.41) is 9.35. The summed E-state index contributed by atoms with van der Waals surface area (Å²) in [6.07, 6.45) is 5.89. The second kappa shape index (κ2) is 5.82. The third-order valence-corrected chi connectivity index (χ3v) is 2.24. The predicted octanol–water partition coefficient (Wildman–Crippen LogP) is 2.16. The second-order valence-corrected chi connectivity index (χ2v) is 3.36. The minimum Gasteiger partial charge on any atom is -0.508 e. The predicted molar refractivity (Wildman–Crippen MR) is 64.2 cm³/mol. The summed E-state index contributed by atoms with van der Waals surface area (Å²) in [7, 11) is 0. The van der Waals surface area contributed by atoms with Crippen LogP contribution in [-0.2, 0) is 4.79 Å². The van der Waals surface area contributed by atoms with E-state index < -0.39 is 0 Å². The van der Waals surface area contributed by atoms with Crippen LogP contribution in [0.2, 0.25) is 0 Å². The molecular weight excluding hydrogens is 202 g/mol. The van der Waals surface area contributed by atoms with E-state index >= 15 is 0 Å². The minimum atomic E-state index is -0.0222. The molecule has 1 aromatic carbocycles. The highest BCUT2D eigenvalue weighted by molar-refractivity contribution is 5.93. The number of nitrogens with zero attached hydrogens (tertiary/aromatic N) is 1. The number of carbonyl (C=O) groups is 1. The zero-order chi connectivity index (χ0) is 12.0. The van der Waals surface area contributed by atoms with Gasteiger partial charge in [0.25, 0.3) is 0 Å². The Morgan fingerprint density at radius 2 is 2.31 bits per heavy atom. The number of hydrogen-bond donors (Lipinski definition) is 1. The molecule has 16 heavy (non-hydrogen) atoms. The first-order chi connectivity index (χ1) is 7.69. The number of anilines is 1. The third kappa shape index (κ3) is 3.03. The normalized spacial score (nSPS) is 9.50. The molecule has 1 aromatic rings. The van der Waals surface area contributed by atoms with Crippen molar-refractivity contribution in [2.45, 2.75) is 19.8 Å². The molecule has 0 saturated carbocycles. The quantitative estimate of drug-likeness (QED) is 0.785. The highest BCUT2D eigenvalue weighted by atomic mass is 16.3. The molecule has 0 aliphatic rings. The fourth-order valence-corrected chi connectivity index (χ4v) is 1.48. The molecule has 1 rings (SSSR count). The number of benzene rings is 1. The van der Waals surface area contributed by atoms with Gasteiger partial charge in [-0.25, -0.2) is 0 Å². The molecule has 3 heteroatoms. The van der Waals surface area contributed by atoms with E-state index in [9.17, 15) is 9.90 Å². The van der Waals surface area contributed by atoms with Gasteiger partial charge in [-0.05, 0) is 19.1 Å². The highest BCUT2D eigenvalue weighted by Crippen LogP contribution is 2.20. The maximum atomic E-state index is 11.8. The Labute approximate surface area is 95.7 Å². The molecule has 0 spiro atoms. The van der Waals surface area contributed by atoms with Crippen LogP contribution in [0.15, 0.2) is 24.3 Å². The van der Waals surface area contributed by atoms with Crippen LogP contribution >= 0.6 is 0 Å². The van der Waals surface area contributed by atoms with Crippen molar-refractivity contribution in [3.63, 3.8) is 0 Å². The van der Waals surface area contributed by atoms with Gasteiger partial charge in [-0.15, -0.1) is 12.3 Å². The average molecular weight is 217 g/mol. The zero-order valence-corrected chi connectivity index (χ0v) is 9.31. The lowest BCUT2D eigenvalue weighted by molar-refractivity contribution is -0.118. The Bertz CT molecular complexity index is 407. The minimum absolute atomic E-state index is 0.0222. The second-order valence-electron chi connectivity index (χ2n) is 3.36. The molecule has 0 radical (unpaired) electrons. The number of hydrogen-bond acceptors (Lipinski definition) is 2. The molecule has 0 unspecified atom stereocenters. The number of aromatic hydroxyl groups is 1. The van der Waals surface area contributed by atoms with Crippen molar-refractivity contribution in [1.29, 1.82) is 0 Å². The Hall–Kier alpha value is -1.95.